The van der Waals surface area contributed by atoms with Crippen molar-refractivity contribution in [2.24, 2.45) is 5.73 Å². The molecule has 0 saturated heterocycles. The third kappa shape index (κ3) is 2.98. The molecule has 0 bridgehead atoms. The van der Waals surface area contributed by atoms with Gasteiger partial charge >= 0.3 is 0 Å². The lowest BCUT2D eigenvalue weighted by molar-refractivity contribution is -0.115. The fourth-order valence-electron chi connectivity index (χ4n) is 3.14. The van der Waals surface area contributed by atoms with Gasteiger partial charge in [-0.2, -0.15) is 0 Å². The summed E-state index contributed by atoms with van der Waals surface area (Å²) in [5, 5.41) is 8.40. The van der Waals surface area contributed by atoms with E-state index in [0.29, 0.717) is 27.9 Å². The van der Waals surface area contributed by atoms with E-state index in [9.17, 15) is 4.79 Å². The van der Waals surface area contributed by atoms with Crippen molar-refractivity contribution in [1.29, 1.82) is 0 Å². The molecule has 3 rings (SSSR count). The van der Waals surface area contributed by atoms with Gasteiger partial charge in [-0.25, -0.2) is 0 Å². The summed E-state index contributed by atoms with van der Waals surface area (Å²) in [5.41, 5.74) is 7.47. The molecule has 25 heavy (non-hydrogen) atoms. The van der Waals surface area contributed by atoms with Crippen LogP contribution in [0.25, 0.3) is 10.8 Å². The minimum atomic E-state index is -0.521. The number of carbonyl (C=O) groups excluding carboxylic acids is 1. The number of ether oxygens (including phenoxy) is 2. The van der Waals surface area contributed by atoms with Crippen molar-refractivity contribution in [3.8, 4) is 11.5 Å². The summed E-state index contributed by atoms with van der Waals surface area (Å²) in [6.45, 7) is 1.78. The molecule has 1 aliphatic rings. The fourth-order valence-corrected chi connectivity index (χ4v) is 3.41. The lowest BCUT2D eigenvalue weighted by atomic mass is 9.90. The van der Waals surface area contributed by atoms with Crippen molar-refractivity contribution in [3.05, 3.63) is 47.2 Å². The maximum absolute atomic E-state index is 12.1. The summed E-state index contributed by atoms with van der Waals surface area (Å²) in [5.74, 6) is 0.821. The maximum atomic E-state index is 12.1. The highest BCUT2D eigenvalue weighted by Crippen LogP contribution is 2.39. The first-order chi connectivity index (χ1) is 12.0. The predicted molar refractivity (Wildman–Crippen MR) is 101 cm³/mol. The zero-order valence-corrected chi connectivity index (χ0v) is 15.0. The van der Waals surface area contributed by atoms with Gasteiger partial charge in [0.15, 0.2) is 5.11 Å². The van der Waals surface area contributed by atoms with Crippen LogP contribution in [0.4, 0.5) is 0 Å². The number of amides is 1. The first-order valence-corrected chi connectivity index (χ1v) is 8.09. The van der Waals surface area contributed by atoms with Crippen LogP contribution in [-0.2, 0) is 4.79 Å². The molecule has 0 unspecified atom stereocenters. The van der Waals surface area contributed by atoms with Crippen LogP contribution in [0, 0.1) is 0 Å². The van der Waals surface area contributed by atoms with Crippen LogP contribution in [0.1, 0.15) is 18.5 Å². The Labute approximate surface area is 151 Å². The monoisotopic (exact) mass is 357 g/mol. The molecule has 7 heteroatoms. The van der Waals surface area contributed by atoms with Gasteiger partial charge in [0.25, 0.3) is 0 Å². The number of thiocarbonyl (C=S) groups is 1. The number of rotatable bonds is 4. The van der Waals surface area contributed by atoms with E-state index in [-0.39, 0.29) is 0 Å². The van der Waals surface area contributed by atoms with Crippen LogP contribution in [0.15, 0.2) is 41.6 Å². The molecule has 0 spiro atoms. The Morgan fingerprint density at radius 1 is 1.20 bits per heavy atom. The van der Waals surface area contributed by atoms with Gasteiger partial charge in [0.1, 0.15) is 11.5 Å². The van der Waals surface area contributed by atoms with Crippen molar-refractivity contribution in [1.82, 2.24) is 10.6 Å². The molecular formula is C18H19N3O3S. The van der Waals surface area contributed by atoms with Crippen molar-refractivity contribution >= 4 is 34.0 Å². The Morgan fingerprint density at radius 3 is 2.56 bits per heavy atom. The SMILES string of the molecule is COc1ccc2ccc(OC)c([C@H]3NC(=S)NC(C)=C3C(N)=O)c2c1. The summed E-state index contributed by atoms with van der Waals surface area (Å²) in [6.07, 6.45) is 0. The quantitative estimate of drug-likeness (QED) is 0.727. The predicted octanol–water partition coefficient (Wildman–Crippen LogP) is 2.14. The molecule has 2 aromatic carbocycles. The Kier molecular flexibility index (Phi) is 4.50. The summed E-state index contributed by atoms with van der Waals surface area (Å²) >= 11 is 5.28. The van der Waals surface area contributed by atoms with Crippen molar-refractivity contribution in [3.63, 3.8) is 0 Å². The topological polar surface area (TPSA) is 85.6 Å². The molecule has 130 valence electrons. The van der Waals surface area contributed by atoms with Crippen molar-refractivity contribution < 1.29 is 14.3 Å². The van der Waals surface area contributed by atoms with E-state index in [4.69, 9.17) is 27.4 Å². The van der Waals surface area contributed by atoms with Gasteiger partial charge < -0.3 is 25.8 Å². The largest absolute Gasteiger partial charge is 0.497 e. The number of benzene rings is 2. The Morgan fingerprint density at radius 2 is 1.92 bits per heavy atom. The lowest BCUT2D eigenvalue weighted by Gasteiger charge is -2.31. The minimum absolute atomic E-state index is 0.419. The molecule has 4 N–H and O–H groups in total. The molecule has 1 amide bonds. The lowest BCUT2D eigenvalue weighted by Crippen LogP contribution is -2.46. The first kappa shape index (κ1) is 17.0. The third-order valence-corrected chi connectivity index (χ3v) is 4.49. The molecule has 0 aromatic heterocycles. The molecule has 1 atom stereocenters. The van der Waals surface area contributed by atoms with Gasteiger partial charge in [-0.3, -0.25) is 4.79 Å². The minimum Gasteiger partial charge on any atom is -0.497 e. The number of hydrogen-bond acceptors (Lipinski definition) is 4. The molecule has 1 aliphatic heterocycles. The summed E-state index contributed by atoms with van der Waals surface area (Å²) in [7, 11) is 3.20. The normalized spacial score (nSPS) is 17.1. The number of carbonyl (C=O) groups is 1. The smallest absolute Gasteiger partial charge is 0.248 e. The Balaban J connectivity index is 2.33. The highest BCUT2D eigenvalue weighted by molar-refractivity contribution is 7.80. The summed E-state index contributed by atoms with van der Waals surface area (Å²) in [6, 6.07) is 9.05. The third-order valence-electron chi connectivity index (χ3n) is 4.27. The van der Waals surface area contributed by atoms with Crippen LogP contribution >= 0.6 is 12.2 Å². The standard InChI is InChI=1S/C18H19N3O3S/c1-9-14(17(19)22)16(21-18(25)20-9)15-12-8-11(23-2)6-4-10(12)5-7-13(15)24-3/h4-8,16H,1-3H3,(H2,19,22)(H2,20,21,25)/t16-/m0/s1. The second-order valence-corrected chi connectivity index (χ2v) is 6.11. The van der Waals surface area contributed by atoms with Gasteiger partial charge in [-0.05, 0) is 48.1 Å². The second-order valence-electron chi connectivity index (χ2n) is 5.70. The molecule has 0 fully saturated rings. The highest BCUT2D eigenvalue weighted by Gasteiger charge is 2.31. The molecule has 0 radical (unpaired) electrons. The zero-order valence-electron chi connectivity index (χ0n) is 14.2. The number of nitrogens with one attached hydrogen (secondary N) is 2. The second kappa shape index (κ2) is 6.60. The Bertz CT molecular complexity index is 903. The van der Waals surface area contributed by atoms with E-state index < -0.39 is 11.9 Å². The van der Waals surface area contributed by atoms with Crippen molar-refractivity contribution in [2.75, 3.05) is 14.2 Å². The average molecular weight is 357 g/mol. The maximum Gasteiger partial charge on any atom is 0.248 e. The van der Waals surface area contributed by atoms with Crippen LogP contribution in [0.5, 0.6) is 11.5 Å². The number of fused-ring (bicyclic) bond motifs is 1. The van der Waals surface area contributed by atoms with E-state index in [1.807, 2.05) is 30.3 Å². The number of hydrogen-bond donors (Lipinski definition) is 3. The summed E-state index contributed by atoms with van der Waals surface area (Å²) < 4.78 is 10.9. The highest BCUT2D eigenvalue weighted by atomic mass is 32.1. The van der Waals surface area contributed by atoms with Gasteiger partial charge in [-0.15, -0.1) is 0 Å². The Hall–Kier alpha value is -2.80. The van der Waals surface area contributed by atoms with Crippen LogP contribution in [-0.4, -0.2) is 25.2 Å². The molecule has 6 nitrogen and oxygen atoms in total. The van der Waals surface area contributed by atoms with Gasteiger partial charge in [0.05, 0.1) is 25.8 Å². The fraction of sp³-hybridized carbons (Fsp3) is 0.222. The average Bonchev–Trinajstić information content (AvgIpc) is 2.58. The van der Waals surface area contributed by atoms with Gasteiger partial charge in [0.2, 0.25) is 5.91 Å². The van der Waals surface area contributed by atoms with Crippen LogP contribution < -0.4 is 25.8 Å². The van der Waals surface area contributed by atoms with E-state index in [2.05, 4.69) is 10.6 Å². The van der Waals surface area contributed by atoms with Crippen molar-refractivity contribution in [2.45, 2.75) is 13.0 Å². The molecule has 2 aromatic rings. The first-order valence-electron chi connectivity index (χ1n) is 7.69. The number of primary amides is 1. The number of nitrogens with two attached hydrogens (primary N) is 1. The van der Waals surface area contributed by atoms with Gasteiger partial charge in [0, 0.05) is 11.3 Å². The summed E-state index contributed by atoms with van der Waals surface area (Å²) in [4.78, 5) is 12.1. The molecular weight excluding hydrogens is 338 g/mol. The van der Waals surface area contributed by atoms with Crippen LogP contribution in [0.2, 0.25) is 0 Å². The molecule has 0 aliphatic carbocycles. The number of methoxy groups -OCH3 is 2. The molecule has 1 heterocycles. The van der Waals surface area contributed by atoms with E-state index in [0.717, 1.165) is 16.3 Å². The molecule has 0 saturated carbocycles. The number of allylic oxidation sites excluding steroid dienone is 1. The van der Waals surface area contributed by atoms with Crippen LogP contribution in [0.3, 0.4) is 0 Å². The van der Waals surface area contributed by atoms with E-state index in [1.54, 1.807) is 21.1 Å². The zero-order chi connectivity index (χ0) is 18.1. The van der Waals surface area contributed by atoms with Gasteiger partial charge in [-0.1, -0.05) is 12.1 Å². The van der Waals surface area contributed by atoms with E-state index >= 15 is 0 Å². The van der Waals surface area contributed by atoms with E-state index in [1.165, 1.54) is 0 Å².